The van der Waals surface area contributed by atoms with Crippen molar-refractivity contribution < 1.29 is 24.4 Å². The molecule has 0 saturated heterocycles. The van der Waals surface area contributed by atoms with E-state index in [1.165, 1.54) is 25.3 Å². The Morgan fingerprint density at radius 2 is 1.92 bits per heavy atom. The maximum absolute atomic E-state index is 13.7. The number of ether oxygens (including phenoxy) is 1. The van der Waals surface area contributed by atoms with E-state index < -0.39 is 28.4 Å². The topological polar surface area (TPSA) is 136 Å². The maximum Gasteiger partial charge on any atom is 0.296 e. The van der Waals surface area contributed by atoms with Crippen molar-refractivity contribution >= 4 is 55.4 Å². The van der Waals surface area contributed by atoms with E-state index in [2.05, 4.69) is 9.97 Å². The van der Waals surface area contributed by atoms with Gasteiger partial charge in [-0.3, -0.25) is 24.6 Å². The number of fused-ring (bicyclic) bond motifs is 1. The van der Waals surface area contributed by atoms with Gasteiger partial charge in [0.2, 0.25) is 5.78 Å². The lowest BCUT2D eigenvalue weighted by Crippen LogP contribution is -2.31. The fourth-order valence-corrected chi connectivity index (χ4v) is 6.10. The van der Waals surface area contributed by atoms with Gasteiger partial charge in [-0.25, -0.2) is 9.97 Å². The van der Waals surface area contributed by atoms with Crippen LogP contribution in [0.15, 0.2) is 53.8 Å². The number of aliphatic hydroxyl groups excluding tert-OH is 1. The Balaban J connectivity index is 1.73. The van der Waals surface area contributed by atoms with Crippen LogP contribution in [-0.4, -0.2) is 38.8 Å². The molecule has 0 saturated carbocycles. The molecule has 4 aromatic rings. The number of anilines is 1. The van der Waals surface area contributed by atoms with E-state index in [9.17, 15) is 24.8 Å². The molecule has 182 valence electrons. The summed E-state index contributed by atoms with van der Waals surface area (Å²) in [6.07, 6.45) is 0. The second-order valence-electron chi connectivity index (χ2n) is 7.96. The van der Waals surface area contributed by atoms with Gasteiger partial charge in [-0.2, -0.15) is 0 Å². The number of rotatable bonds is 6. The van der Waals surface area contributed by atoms with Gasteiger partial charge in [0.1, 0.15) is 11.8 Å². The van der Waals surface area contributed by atoms with E-state index >= 15 is 0 Å². The Bertz CT molecular complexity index is 1610. The normalized spacial score (nSPS) is 15.7. The van der Waals surface area contributed by atoms with Crippen LogP contribution in [0.2, 0.25) is 0 Å². The number of nitro groups is 1. The van der Waals surface area contributed by atoms with Gasteiger partial charge in [-0.15, -0.1) is 11.3 Å². The van der Waals surface area contributed by atoms with Crippen LogP contribution in [0.1, 0.15) is 32.0 Å². The quantitative estimate of drug-likeness (QED) is 0.211. The van der Waals surface area contributed by atoms with Crippen molar-refractivity contribution in [1.29, 1.82) is 0 Å². The predicted octanol–water partition coefficient (Wildman–Crippen LogP) is 5.07. The average Bonchev–Trinajstić information content (AvgIpc) is 3.51. The number of thiazole rings is 2. The minimum Gasteiger partial charge on any atom is -0.503 e. The zero-order valence-electron chi connectivity index (χ0n) is 19.2. The van der Waals surface area contributed by atoms with Crippen molar-refractivity contribution in [3.63, 3.8) is 0 Å². The summed E-state index contributed by atoms with van der Waals surface area (Å²) in [4.78, 5) is 48.7. The van der Waals surface area contributed by atoms with Gasteiger partial charge >= 0.3 is 0 Å². The first-order valence-corrected chi connectivity index (χ1v) is 12.3. The first-order valence-electron chi connectivity index (χ1n) is 10.6. The molecule has 1 aliphatic heterocycles. The highest BCUT2D eigenvalue weighted by Crippen LogP contribution is 2.47. The average molecular weight is 523 g/mol. The van der Waals surface area contributed by atoms with Crippen LogP contribution in [0, 0.1) is 24.0 Å². The van der Waals surface area contributed by atoms with Gasteiger partial charge < -0.3 is 9.84 Å². The molecule has 1 N–H and O–H groups in total. The van der Waals surface area contributed by atoms with Crippen molar-refractivity contribution in [2.24, 2.45) is 0 Å². The molecule has 0 fully saturated rings. The van der Waals surface area contributed by atoms with Crippen LogP contribution >= 0.6 is 22.7 Å². The molecule has 0 bridgehead atoms. The molecule has 0 aliphatic carbocycles. The number of nitro benzene ring substituents is 1. The third kappa shape index (κ3) is 3.71. The lowest BCUT2D eigenvalue weighted by molar-refractivity contribution is -0.385. The molecule has 1 amide bonds. The number of carbonyl (C=O) groups excluding carboxylic acids is 2. The second-order valence-corrected chi connectivity index (χ2v) is 10.2. The number of carbonyl (C=O) groups is 2. The summed E-state index contributed by atoms with van der Waals surface area (Å²) in [5.74, 6) is -1.66. The highest BCUT2D eigenvalue weighted by molar-refractivity contribution is 7.22. The number of aryl methyl sites for hydroxylation is 2. The van der Waals surface area contributed by atoms with Crippen LogP contribution in [0.3, 0.4) is 0 Å². The number of nitrogens with zero attached hydrogens (tertiary/aromatic N) is 4. The highest BCUT2D eigenvalue weighted by Gasteiger charge is 2.48. The van der Waals surface area contributed by atoms with E-state index in [0.717, 1.165) is 27.6 Å². The van der Waals surface area contributed by atoms with E-state index in [1.807, 2.05) is 0 Å². The molecule has 3 heterocycles. The molecule has 12 heteroatoms. The van der Waals surface area contributed by atoms with Crippen LogP contribution < -0.4 is 9.64 Å². The molecular formula is C24H18N4O6S2. The molecule has 5 rings (SSSR count). The van der Waals surface area contributed by atoms with Gasteiger partial charge in [0, 0.05) is 6.07 Å². The number of hydrogen-bond acceptors (Lipinski definition) is 10. The van der Waals surface area contributed by atoms with Gasteiger partial charge in [-0.1, -0.05) is 23.5 Å². The molecule has 1 atom stereocenters. The fourth-order valence-electron chi connectivity index (χ4n) is 4.20. The summed E-state index contributed by atoms with van der Waals surface area (Å²) >= 11 is 2.27. The Labute approximate surface area is 212 Å². The fraction of sp³-hybridized carbons (Fsp3) is 0.167. The first-order chi connectivity index (χ1) is 17.2. The lowest BCUT2D eigenvalue weighted by atomic mass is 9.94. The Morgan fingerprint density at radius 1 is 1.17 bits per heavy atom. The molecule has 36 heavy (non-hydrogen) atoms. The number of ketones is 1. The van der Waals surface area contributed by atoms with Gasteiger partial charge in [0.25, 0.3) is 11.6 Å². The maximum atomic E-state index is 13.7. The van der Waals surface area contributed by atoms with Crippen LogP contribution in [0.25, 0.3) is 10.2 Å². The van der Waals surface area contributed by atoms with E-state index in [1.54, 1.807) is 38.1 Å². The van der Waals surface area contributed by atoms with Crippen LogP contribution in [0.5, 0.6) is 5.75 Å². The standard InChI is InChI=1S/C24H18N4O6S2/c1-11-22(35-12(2)25-11)20(29)18-19(14-6-4-5-7-16(14)28(32)33)27(23(31)21(18)30)24-26-15-9-8-13(34-3)10-17(15)36-24/h4-10,19,30H,1-3H3. The van der Waals surface area contributed by atoms with Crippen LogP contribution in [-0.2, 0) is 4.79 Å². The predicted molar refractivity (Wildman–Crippen MR) is 135 cm³/mol. The van der Waals surface area contributed by atoms with E-state index in [0.29, 0.717) is 26.7 Å². The Morgan fingerprint density at radius 3 is 2.58 bits per heavy atom. The number of para-hydroxylation sites is 1. The zero-order chi connectivity index (χ0) is 25.7. The summed E-state index contributed by atoms with van der Waals surface area (Å²) in [5.41, 5.74) is 0.553. The van der Waals surface area contributed by atoms with Crippen molar-refractivity contribution in [3.8, 4) is 5.75 Å². The second kappa shape index (κ2) is 8.81. The van der Waals surface area contributed by atoms with Crippen LogP contribution in [0.4, 0.5) is 10.8 Å². The number of aliphatic hydroxyl groups is 1. The largest absolute Gasteiger partial charge is 0.503 e. The van der Waals surface area contributed by atoms with Crippen molar-refractivity contribution in [1.82, 2.24) is 9.97 Å². The number of aromatic nitrogens is 2. The van der Waals surface area contributed by atoms with Crippen molar-refractivity contribution in [2.45, 2.75) is 19.9 Å². The SMILES string of the molecule is COc1ccc2nc(N3C(=O)C(O)=C(C(=O)c4sc(C)nc4C)C3c3ccccc3[N+](=O)[O-])sc2c1. The molecule has 2 aromatic carbocycles. The minimum atomic E-state index is -1.27. The van der Waals surface area contributed by atoms with Crippen molar-refractivity contribution in [2.75, 3.05) is 12.0 Å². The molecule has 1 aliphatic rings. The van der Waals surface area contributed by atoms with Gasteiger partial charge in [0.05, 0.1) is 49.0 Å². The zero-order valence-corrected chi connectivity index (χ0v) is 20.8. The summed E-state index contributed by atoms with van der Waals surface area (Å²) in [5, 5.41) is 23.7. The molecular weight excluding hydrogens is 504 g/mol. The molecule has 0 spiro atoms. The number of hydrogen-bond donors (Lipinski definition) is 1. The number of Topliss-reactive ketones (excluding diaryl/α,β-unsaturated/α-hetero) is 1. The number of methoxy groups -OCH3 is 1. The van der Waals surface area contributed by atoms with Gasteiger partial charge in [-0.05, 0) is 38.1 Å². The summed E-state index contributed by atoms with van der Waals surface area (Å²) in [6, 6.07) is 9.75. The smallest absolute Gasteiger partial charge is 0.296 e. The lowest BCUT2D eigenvalue weighted by Gasteiger charge is -2.24. The highest BCUT2D eigenvalue weighted by atomic mass is 32.1. The molecule has 10 nitrogen and oxygen atoms in total. The molecule has 1 unspecified atom stereocenters. The third-order valence-electron chi connectivity index (χ3n) is 5.78. The number of amides is 1. The molecule has 0 radical (unpaired) electrons. The van der Waals surface area contributed by atoms with Gasteiger partial charge in [0.15, 0.2) is 10.9 Å². The summed E-state index contributed by atoms with van der Waals surface area (Å²) < 4.78 is 5.96. The monoisotopic (exact) mass is 522 g/mol. The molecule has 2 aromatic heterocycles. The van der Waals surface area contributed by atoms with E-state index in [4.69, 9.17) is 4.74 Å². The Kier molecular flexibility index (Phi) is 5.77. The summed E-state index contributed by atoms with van der Waals surface area (Å²) in [6.45, 7) is 3.40. The van der Waals surface area contributed by atoms with Crippen molar-refractivity contribution in [3.05, 3.63) is 85.1 Å². The summed E-state index contributed by atoms with van der Waals surface area (Å²) in [7, 11) is 1.53. The minimum absolute atomic E-state index is 0.0824. The Hall–Kier alpha value is -4.16. The first kappa shape index (κ1) is 23.6. The third-order valence-corrected chi connectivity index (χ3v) is 7.87. The number of benzene rings is 2. The van der Waals surface area contributed by atoms with E-state index in [-0.39, 0.29) is 26.8 Å².